The lowest BCUT2D eigenvalue weighted by atomic mass is 10.1. The van der Waals surface area contributed by atoms with E-state index in [2.05, 4.69) is 31.0 Å². The molecule has 0 unspecified atom stereocenters. The number of hydrogen-bond donors (Lipinski definition) is 1. The van der Waals surface area contributed by atoms with Crippen molar-refractivity contribution >= 4 is 0 Å². The maximum absolute atomic E-state index is 13.0. The van der Waals surface area contributed by atoms with Crippen LogP contribution in [0.1, 0.15) is 26.3 Å². The van der Waals surface area contributed by atoms with Crippen LogP contribution in [0.25, 0.3) is 0 Å². The van der Waals surface area contributed by atoms with E-state index < -0.39 is 11.6 Å². The molecule has 0 saturated carbocycles. The maximum atomic E-state index is 13.0. The predicted molar refractivity (Wildman–Crippen MR) is 75.3 cm³/mol. The summed E-state index contributed by atoms with van der Waals surface area (Å²) in [6.07, 6.45) is 0.725. The van der Waals surface area contributed by atoms with Gasteiger partial charge in [0.25, 0.3) is 0 Å². The van der Waals surface area contributed by atoms with Crippen LogP contribution < -0.4 is 5.32 Å². The molecule has 2 nitrogen and oxygen atoms in total. The Labute approximate surface area is 114 Å². The third kappa shape index (κ3) is 6.64. The average molecular weight is 270 g/mol. The van der Waals surface area contributed by atoms with Crippen molar-refractivity contribution < 1.29 is 8.78 Å². The molecular formula is C15H24F2N2. The fourth-order valence-corrected chi connectivity index (χ4v) is 1.75. The van der Waals surface area contributed by atoms with Crippen LogP contribution in [0.4, 0.5) is 8.78 Å². The summed E-state index contributed by atoms with van der Waals surface area (Å²) >= 11 is 0. The minimum Gasteiger partial charge on any atom is -0.311 e. The van der Waals surface area contributed by atoms with E-state index >= 15 is 0 Å². The molecule has 0 aliphatic heterocycles. The minimum atomic E-state index is -0.786. The Hall–Kier alpha value is -1.00. The van der Waals surface area contributed by atoms with Crippen LogP contribution >= 0.6 is 0 Å². The third-order valence-electron chi connectivity index (χ3n) is 2.92. The molecule has 0 amide bonds. The molecule has 0 radical (unpaired) electrons. The highest BCUT2D eigenvalue weighted by Crippen LogP contribution is 2.09. The van der Waals surface area contributed by atoms with Crippen LogP contribution in [-0.2, 0) is 6.42 Å². The number of rotatable bonds is 6. The van der Waals surface area contributed by atoms with Crippen LogP contribution in [0.5, 0.6) is 0 Å². The lowest BCUT2D eigenvalue weighted by molar-refractivity contribution is 0.312. The standard InChI is InChI=1S/C15H24F2N2/c1-15(2,3)18-8-10-19(4)9-7-12-5-6-13(16)14(17)11-12/h5-6,11,18H,7-10H2,1-4H3. The van der Waals surface area contributed by atoms with E-state index in [1.165, 1.54) is 12.1 Å². The van der Waals surface area contributed by atoms with Gasteiger partial charge in [-0.15, -0.1) is 0 Å². The summed E-state index contributed by atoms with van der Waals surface area (Å²) in [5, 5.41) is 3.42. The molecule has 0 spiro atoms. The summed E-state index contributed by atoms with van der Waals surface area (Å²) in [4.78, 5) is 2.18. The van der Waals surface area contributed by atoms with E-state index in [-0.39, 0.29) is 5.54 Å². The number of nitrogens with one attached hydrogen (secondary N) is 1. The van der Waals surface area contributed by atoms with Crippen molar-refractivity contribution in [3.05, 3.63) is 35.4 Å². The van der Waals surface area contributed by atoms with Gasteiger partial charge in [-0.1, -0.05) is 6.07 Å². The highest BCUT2D eigenvalue weighted by molar-refractivity contribution is 5.18. The molecule has 1 rings (SSSR count). The zero-order valence-electron chi connectivity index (χ0n) is 12.3. The Morgan fingerprint density at radius 3 is 2.37 bits per heavy atom. The van der Waals surface area contributed by atoms with Crippen molar-refractivity contribution in [1.29, 1.82) is 0 Å². The van der Waals surface area contributed by atoms with E-state index in [1.807, 2.05) is 7.05 Å². The molecule has 0 aliphatic rings. The van der Waals surface area contributed by atoms with Crippen molar-refractivity contribution in [2.75, 3.05) is 26.7 Å². The zero-order chi connectivity index (χ0) is 14.5. The fraction of sp³-hybridized carbons (Fsp3) is 0.600. The monoisotopic (exact) mass is 270 g/mol. The predicted octanol–water partition coefficient (Wildman–Crippen LogP) is 2.83. The molecule has 0 fully saturated rings. The number of benzene rings is 1. The number of hydrogen-bond acceptors (Lipinski definition) is 2. The lowest BCUT2D eigenvalue weighted by Gasteiger charge is -2.23. The first kappa shape index (κ1) is 16.1. The summed E-state index contributed by atoms with van der Waals surface area (Å²) in [5.74, 6) is -1.55. The van der Waals surface area contributed by atoms with Crippen molar-refractivity contribution in [2.24, 2.45) is 0 Å². The Kier molecular flexibility index (Phi) is 5.88. The van der Waals surface area contributed by atoms with Crippen molar-refractivity contribution in [3.8, 4) is 0 Å². The van der Waals surface area contributed by atoms with Crippen molar-refractivity contribution in [2.45, 2.75) is 32.7 Å². The SMILES string of the molecule is CN(CCNC(C)(C)C)CCc1ccc(F)c(F)c1. The Morgan fingerprint density at radius 2 is 1.79 bits per heavy atom. The Balaban J connectivity index is 2.29. The summed E-state index contributed by atoms with van der Waals surface area (Å²) in [7, 11) is 2.03. The molecule has 19 heavy (non-hydrogen) atoms. The second kappa shape index (κ2) is 6.96. The maximum Gasteiger partial charge on any atom is 0.159 e. The summed E-state index contributed by atoms with van der Waals surface area (Å²) < 4.78 is 25.8. The van der Waals surface area contributed by atoms with Crippen LogP contribution in [0, 0.1) is 11.6 Å². The van der Waals surface area contributed by atoms with E-state index in [0.29, 0.717) is 0 Å². The molecule has 4 heteroatoms. The summed E-state index contributed by atoms with van der Waals surface area (Å²) in [6, 6.07) is 4.10. The van der Waals surface area contributed by atoms with Crippen LogP contribution in [0.15, 0.2) is 18.2 Å². The van der Waals surface area contributed by atoms with Gasteiger partial charge in [0.05, 0.1) is 0 Å². The van der Waals surface area contributed by atoms with E-state index in [4.69, 9.17) is 0 Å². The first-order chi connectivity index (χ1) is 8.78. The van der Waals surface area contributed by atoms with Crippen molar-refractivity contribution in [1.82, 2.24) is 10.2 Å². The van der Waals surface area contributed by atoms with Gasteiger partial charge in [-0.25, -0.2) is 8.78 Å². The molecule has 0 aromatic heterocycles. The van der Waals surface area contributed by atoms with E-state index in [9.17, 15) is 8.78 Å². The van der Waals surface area contributed by atoms with E-state index in [0.717, 1.165) is 31.6 Å². The zero-order valence-corrected chi connectivity index (χ0v) is 12.3. The van der Waals surface area contributed by atoms with Crippen molar-refractivity contribution in [3.63, 3.8) is 0 Å². The van der Waals surface area contributed by atoms with E-state index in [1.54, 1.807) is 6.07 Å². The highest BCUT2D eigenvalue weighted by Gasteiger charge is 2.08. The largest absolute Gasteiger partial charge is 0.311 e. The molecule has 0 aliphatic carbocycles. The topological polar surface area (TPSA) is 15.3 Å². The second-order valence-electron chi connectivity index (χ2n) is 5.98. The van der Waals surface area contributed by atoms with Crippen LogP contribution in [0.2, 0.25) is 0 Å². The molecule has 0 saturated heterocycles. The molecule has 0 heterocycles. The Bertz CT molecular complexity index is 400. The van der Waals surface area contributed by atoms with Gasteiger partial charge in [-0.3, -0.25) is 0 Å². The van der Waals surface area contributed by atoms with Gasteiger partial charge >= 0.3 is 0 Å². The normalized spacial score (nSPS) is 12.2. The van der Waals surface area contributed by atoms with Gasteiger partial charge in [0.2, 0.25) is 0 Å². The quantitative estimate of drug-likeness (QED) is 0.855. The minimum absolute atomic E-state index is 0.126. The average Bonchev–Trinajstić information content (AvgIpc) is 2.29. The molecular weight excluding hydrogens is 246 g/mol. The number of nitrogens with zero attached hydrogens (tertiary/aromatic N) is 1. The summed E-state index contributed by atoms with van der Waals surface area (Å²) in [6.45, 7) is 9.08. The molecule has 1 aromatic carbocycles. The van der Waals surface area contributed by atoms with Gasteiger partial charge in [-0.2, -0.15) is 0 Å². The fourth-order valence-electron chi connectivity index (χ4n) is 1.75. The van der Waals surface area contributed by atoms with Gasteiger partial charge in [-0.05, 0) is 51.9 Å². The molecule has 1 aromatic rings. The van der Waals surface area contributed by atoms with Gasteiger partial charge in [0, 0.05) is 25.2 Å². The first-order valence-corrected chi connectivity index (χ1v) is 6.65. The smallest absolute Gasteiger partial charge is 0.159 e. The Morgan fingerprint density at radius 1 is 1.11 bits per heavy atom. The first-order valence-electron chi connectivity index (χ1n) is 6.65. The third-order valence-corrected chi connectivity index (χ3v) is 2.92. The lowest BCUT2D eigenvalue weighted by Crippen LogP contribution is -2.40. The molecule has 108 valence electrons. The highest BCUT2D eigenvalue weighted by atomic mass is 19.2. The van der Waals surface area contributed by atoms with Gasteiger partial charge in [0.1, 0.15) is 0 Å². The van der Waals surface area contributed by atoms with Gasteiger partial charge in [0.15, 0.2) is 11.6 Å². The molecule has 0 atom stereocenters. The number of halogens is 2. The summed E-state index contributed by atoms with van der Waals surface area (Å²) in [5.41, 5.74) is 0.954. The molecule has 1 N–H and O–H groups in total. The van der Waals surface area contributed by atoms with Crippen LogP contribution in [0.3, 0.4) is 0 Å². The molecule has 0 bridgehead atoms. The second-order valence-corrected chi connectivity index (χ2v) is 5.98. The van der Waals surface area contributed by atoms with Gasteiger partial charge < -0.3 is 10.2 Å². The van der Waals surface area contributed by atoms with Crippen LogP contribution in [-0.4, -0.2) is 37.1 Å². The number of likely N-dealkylation sites (N-methyl/N-ethyl adjacent to an activating group) is 1.